The summed E-state index contributed by atoms with van der Waals surface area (Å²) in [4.78, 5) is 10.7. The fourth-order valence-electron chi connectivity index (χ4n) is 1.55. The van der Waals surface area contributed by atoms with Crippen molar-refractivity contribution in [1.29, 1.82) is 0 Å². The zero-order valence-electron chi connectivity index (χ0n) is 8.79. The van der Waals surface area contributed by atoms with E-state index in [9.17, 15) is 9.90 Å². The summed E-state index contributed by atoms with van der Waals surface area (Å²) in [6.45, 7) is 0. The Balaban J connectivity index is 2.46. The highest BCUT2D eigenvalue weighted by Gasteiger charge is 2.09. The Kier molecular flexibility index (Phi) is 2.70. The van der Waals surface area contributed by atoms with Crippen molar-refractivity contribution in [3.63, 3.8) is 0 Å². The van der Waals surface area contributed by atoms with Gasteiger partial charge in [0.25, 0.3) is 0 Å². The molecule has 2 aromatic rings. The van der Waals surface area contributed by atoms with Crippen LogP contribution in [0.15, 0.2) is 42.5 Å². The van der Waals surface area contributed by atoms with Crippen LogP contribution in [0.5, 0.6) is 11.5 Å². The fourth-order valence-corrected chi connectivity index (χ4v) is 1.55. The molecule has 17 heavy (non-hydrogen) atoms. The highest BCUT2D eigenvalue weighted by molar-refractivity contribution is 5.89. The molecule has 0 heterocycles. The van der Waals surface area contributed by atoms with Gasteiger partial charge in [-0.3, -0.25) is 0 Å². The van der Waals surface area contributed by atoms with E-state index in [1.54, 1.807) is 12.1 Å². The summed E-state index contributed by atoms with van der Waals surface area (Å²) in [6, 6.07) is 10.4. The summed E-state index contributed by atoms with van der Waals surface area (Å²) in [5, 5.41) is 27.6. The summed E-state index contributed by atoms with van der Waals surface area (Å²) in [7, 11) is 0. The first kappa shape index (κ1) is 11.0. The number of phenols is 2. The Labute approximate surface area is 97.4 Å². The smallest absolute Gasteiger partial charge is 0.335 e. The molecule has 0 atom stereocenters. The third-order valence-corrected chi connectivity index (χ3v) is 2.42. The van der Waals surface area contributed by atoms with Gasteiger partial charge in [0.2, 0.25) is 0 Å². The van der Waals surface area contributed by atoms with Crippen LogP contribution < -0.4 is 0 Å². The van der Waals surface area contributed by atoms with E-state index in [0.29, 0.717) is 11.1 Å². The summed E-state index contributed by atoms with van der Waals surface area (Å²) in [6.07, 6.45) is 0. The molecule has 4 heteroatoms. The predicted molar refractivity (Wildman–Crippen MR) is 62.2 cm³/mol. The van der Waals surface area contributed by atoms with E-state index in [2.05, 4.69) is 0 Å². The number of carbonyl (C=O) groups is 1. The molecule has 3 N–H and O–H groups in total. The maximum absolute atomic E-state index is 10.7. The minimum absolute atomic E-state index is 0.0324. The van der Waals surface area contributed by atoms with Gasteiger partial charge in [0.15, 0.2) is 0 Å². The predicted octanol–water partition coefficient (Wildman–Crippen LogP) is 2.46. The number of rotatable bonds is 2. The van der Waals surface area contributed by atoms with Gasteiger partial charge in [-0.05, 0) is 35.9 Å². The van der Waals surface area contributed by atoms with Crippen LogP contribution in [0, 0.1) is 0 Å². The van der Waals surface area contributed by atoms with Gasteiger partial charge in [0.05, 0.1) is 5.56 Å². The number of hydrogen-bond acceptors (Lipinski definition) is 3. The minimum atomic E-state index is -1.09. The standard InChI is InChI=1S/C13H10O4/c14-10-4-1-8(2-5-10)11-6-3-9(13(16)17)7-12(11)15/h1-7,14-15H,(H,16,17). The molecule has 0 spiro atoms. The van der Waals surface area contributed by atoms with E-state index in [1.807, 2.05) is 0 Å². The van der Waals surface area contributed by atoms with Gasteiger partial charge in [-0.15, -0.1) is 0 Å². The highest BCUT2D eigenvalue weighted by Crippen LogP contribution is 2.30. The number of aromatic carboxylic acids is 1. The lowest BCUT2D eigenvalue weighted by molar-refractivity contribution is 0.0696. The Morgan fingerprint density at radius 2 is 1.59 bits per heavy atom. The first-order chi connectivity index (χ1) is 8.08. The molecule has 4 nitrogen and oxygen atoms in total. The molecule has 2 rings (SSSR count). The van der Waals surface area contributed by atoms with Crippen LogP contribution in [0.1, 0.15) is 10.4 Å². The van der Waals surface area contributed by atoms with Crippen LogP contribution in [-0.2, 0) is 0 Å². The zero-order chi connectivity index (χ0) is 12.4. The maximum Gasteiger partial charge on any atom is 0.335 e. The van der Waals surface area contributed by atoms with Crippen LogP contribution in [0.25, 0.3) is 11.1 Å². The summed E-state index contributed by atoms with van der Waals surface area (Å²) in [5.74, 6) is -1.05. The van der Waals surface area contributed by atoms with E-state index < -0.39 is 5.97 Å². The van der Waals surface area contributed by atoms with Gasteiger partial charge in [-0.2, -0.15) is 0 Å². The number of hydrogen-bond donors (Lipinski definition) is 3. The second kappa shape index (κ2) is 4.17. The lowest BCUT2D eigenvalue weighted by Crippen LogP contribution is -1.95. The normalized spacial score (nSPS) is 10.1. The van der Waals surface area contributed by atoms with E-state index >= 15 is 0 Å². The maximum atomic E-state index is 10.7. The van der Waals surface area contributed by atoms with E-state index in [4.69, 9.17) is 10.2 Å². The zero-order valence-corrected chi connectivity index (χ0v) is 8.79. The van der Waals surface area contributed by atoms with Crippen LogP contribution >= 0.6 is 0 Å². The molecule has 0 fully saturated rings. The molecular weight excluding hydrogens is 220 g/mol. The second-order valence-electron chi connectivity index (χ2n) is 3.58. The summed E-state index contributed by atoms with van der Waals surface area (Å²) >= 11 is 0. The Hall–Kier alpha value is -2.49. The molecule has 0 aliphatic heterocycles. The van der Waals surface area contributed by atoms with Gasteiger partial charge in [-0.25, -0.2) is 4.79 Å². The molecule has 0 amide bonds. The van der Waals surface area contributed by atoms with Crippen molar-refractivity contribution >= 4 is 5.97 Å². The fraction of sp³-hybridized carbons (Fsp3) is 0. The third kappa shape index (κ3) is 2.20. The third-order valence-electron chi connectivity index (χ3n) is 2.42. The Bertz CT molecular complexity index is 558. The van der Waals surface area contributed by atoms with Gasteiger partial charge >= 0.3 is 5.97 Å². The SMILES string of the molecule is O=C(O)c1ccc(-c2ccc(O)cc2)c(O)c1. The lowest BCUT2D eigenvalue weighted by Gasteiger charge is -2.05. The molecule has 0 radical (unpaired) electrons. The van der Waals surface area contributed by atoms with Crippen molar-refractivity contribution in [1.82, 2.24) is 0 Å². The van der Waals surface area contributed by atoms with Gasteiger partial charge in [0.1, 0.15) is 11.5 Å². The number of carboxylic acids is 1. The van der Waals surface area contributed by atoms with Crippen molar-refractivity contribution in [2.75, 3.05) is 0 Å². The molecule has 0 unspecified atom stereocenters. The van der Waals surface area contributed by atoms with Gasteiger partial charge < -0.3 is 15.3 Å². The van der Waals surface area contributed by atoms with E-state index in [-0.39, 0.29) is 17.1 Å². The molecule has 0 bridgehead atoms. The molecule has 86 valence electrons. The van der Waals surface area contributed by atoms with Crippen LogP contribution in [0.2, 0.25) is 0 Å². The van der Waals surface area contributed by atoms with Crippen LogP contribution in [0.4, 0.5) is 0 Å². The number of aromatic hydroxyl groups is 2. The van der Waals surface area contributed by atoms with Crippen molar-refractivity contribution < 1.29 is 20.1 Å². The quantitative estimate of drug-likeness (QED) is 0.740. The first-order valence-corrected chi connectivity index (χ1v) is 4.93. The van der Waals surface area contributed by atoms with Gasteiger partial charge in [0, 0.05) is 5.56 Å². The average Bonchev–Trinajstić information content (AvgIpc) is 2.30. The van der Waals surface area contributed by atoms with Gasteiger partial charge in [-0.1, -0.05) is 12.1 Å². The number of phenolic OH excluding ortho intramolecular Hbond substituents is 2. The first-order valence-electron chi connectivity index (χ1n) is 4.93. The van der Waals surface area contributed by atoms with Crippen LogP contribution in [0.3, 0.4) is 0 Å². The Morgan fingerprint density at radius 1 is 0.941 bits per heavy atom. The van der Waals surface area contributed by atoms with Crippen molar-refractivity contribution in [3.05, 3.63) is 48.0 Å². The van der Waals surface area contributed by atoms with Crippen molar-refractivity contribution in [2.45, 2.75) is 0 Å². The number of carboxylic acid groups (broad SMARTS) is 1. The largest absolute Gasteiger partial charge is 0.508 e. The minimum Gasteiger partial charge on any atom is -0.508 e. The highest BCUT2D eigenvalue weighted by atomic mass is 16.4. The topological polar surface area (TPSA) is 77.8 Å². The molecule has 0 aliphatic rings. The molecule has 0 aliphatic carbocycles. The second-order valence-corrected chi connectivity index (χ2v) is 3.58. The molecular formula is C13H10O4. The molecule has 0 saturated carbocycles. The molecule has 0 saturated heterocycles. The Morgan fingerprint density at radius 3 is 2.12 bits per heavy atom. The molecule has 0 aromatic heterocycles. The molecule has 2 aromatic carbocycles. The number of benzene rings is 2. The summed E-state index contributed by atoms with van der Waals surface area (Å²) < 4.78 is 0. The lowest BCUT2D eigenvalue weighted by atomic mass is 10.0. The van der Waals surface area contributed by atoms with Crippen molar-refractivity contribution in [2.24, 2.45) is 0 Å². The van der Waals surface area contributed by atoms with Crippen LogP contribution in [-0.4, -0.2) is 21.3 Å². The van der Waals surface area contributed by atoms with E-state index in [1.165, 1.54) is 30.3 Å². The van der Waals surface area contributed by atoms with Crippen molar-refractivity contribution in [3.8, 4) is 22.6 Å². The summed E-state index contributed by atoms with van der Waals surface area (Å²) in [5.41, 5.74) is 1.26. The monoisotopic (exact) mass is 230 g/mol. The van der Waals surface area contributed by atoms with E-state index in [0.717, 1.165) is 0 Å². The average molecular weight is 230 g/mol.